The van der Waals surface area contributed by atoms with Crippen molar-refractivity contribution >= 4 is 5.91 Å². The van der Waals surface area contributed by atoms with Crippen molar-refractivity contribution in [2.75, 3.05) is 6.54 Å². The lowest BCUT2D eigenvalue weighted by atomic mass is 9.97. The van der Waals surface area contributed by atoms with Crippen LogP contribution >= 0.6 is 0 Å². The van der Waals surface area contributed by atoms with Crippen LogP contribution < -0.4 is 9.47 Å². The summed E-state index contributed by atoms with van der Waals surface area (Å²) in [5.74, 6) is -2.31. The summed E-state index contributed by atoms with van der Waals surface area (Å²) in [6.07, 6.45) is -4.82. The molecule has 0 fully saturated rings. The smallest absolute Gasteiger partial charge is 0.471 e. The number of carbonyl (C=O) groups is 1. The van der Waals surface area contributed by atoms with Crippen LogP contribution in [0.4, 0.5) is 13.2 Å². The lowest BCUT2D eigenvalue weighted by Gasteiger charge is -2.28. The SMILES string of the molecule is O=C(N(CCc1ccc(O)cc1)Cc1ccc2c(c1)OC(c1ccccc1)(c1ccccc1)O2)C(F)(F)F. The fraction of sp³-hybridized carbons (Fsp3) is 0.167. The maximum atomic E-state index is 13.4. The van der Waals surface area contributed by atoms with Crippen LogP contribution in [0, 0.1) is 0 Å². The van der Waals surface area contributed by atoms with Gasteiger partial charge in [-0.1, -0.05) is 78.9 Å². The second-order valence-corrected chi connectivity index (χ2v) is 8.97. The van der Waals surface area contributed by atoms with E-state index in [9.17, 15) is 23.1 Å². The average molecular weight is 520 g/mol. The number of alkyl halides is 3. The Bertz CT molecular complexity index is 1370. The molecule has 0 saturated carbocycles. The van der Waals surface area contributed by atoms with Crippen molar-refractivity contribution in [3.05, 3.63) is 125 Å². The van der Waals surface area contributed by atoms with Gasteiger partial charge in [0.15, 0.2) is 11.5 Å². The zero-order valence-electron chi connectivity index (χ0n) is 20.2. The van der Waals surface area contributed by atoms with Crippen molar-refractivity contribution in [1.29, 1.82) is 0 Å². The molecule has 0 atom stereocenters. The largest absolute Gasteiger partial charge is 0.508 e. The number of amides is 1. The summed E-state index contributed by atoms with van der Waals surface area (Å²) in [6, 6.07) is 29.8. The van der Waals surface area contributed by atoms with E-state index in [1.54, 1.807) is 30.3 Å². The molecular formula is C30H24F3NO4. The highest BCUT2D eigenvalue weighted by molar-refractivity contribution is 5.81. The maximum Gasteiger partial charge on any atom is 0.471 e. The molecule has 5 rings (SSSR count). The first-order chi connectivity index (χ1) is 18.2. The molecule has 194 valence electrons. The number of phenols is 1. The van der Waals surface area contributed by atoms with Gasteiger partial charge in [0.05, 0.1) is 0 Å². The Morgan fingerprint density at radius 3 is 1.89 bits per heavy atom. The minimum Gasteiger partial charge on any atom is -0.508 e. The maximum absolute atomic E-state index is 13.4. The molecule has 0 aliphatic carbocycles. The molecule has 0 radical (unpaired) electrons. The molecule has 5 nitrogen and oxygen atoms in total. The number of rotatable bonds is 7. The van der Waals surface area contributed by atoms with Crippen LogP contribution in [0.25, 0.3) is 0 Å². The quantitative estimate of drug-likeness (QED) is 0.316. The number of ether oxygens (including phenoxy) is 2. The summed E-state index contributed by atoms with van der Waals surface area (Å²) in [5.41, 5.74) is 2.68. The summed E-state index contributed by atoms with van der Waals surface area (Å²) in [5, 5.41) is 9.45. The van der Waals surface area contributed by atoms with Crippen LogP contribution in [0.5, 0.6) is 17.2 Å². The summed E-state index contributed by atoms with van der Waals surface area (Å²) >= 11 is 0. The second kappa shape index (κ2) is 10.1. The summed E-state index contributed by atoms with van der Waals surface area (Å²) < 4.78 is 53.0. The van der Waals surface area contributed by atoms with Crippen molar-refractivity contribution < 1.29 is 32.5 Å². The molecule has 0 aromatic heterocycles. The third-order valence-corrected chi connectivity index (χ3v) is 6.33. The van der Waals surface area contributed by atoms with Crippen molar-refractivity contribution in [1.82, 2.24) is 4.90 Å². The minimum atomic E-state index is -5.01. The summed E-state index contributed by atoms with van der Waals surface area (Å²) in [4.78, 5) is 13.0. The second-order valence-electron chi connectivity index (χ2n) is 8.97. The van der Waals surface area contributed by atoms with E-state index in [0.29, 0.717) is 22.6 Å². The molecule has 38 heavy (non-hydrogen) atoms. The fourth-order valence-corrected chi connectivity index (χ4v) is 4.44. The van der Waals surface area contributed by atoms with Gasteiger partial charge in [-0.15, -0.1) is 0 Å². The Morgan fingerprint density at radius 1 is 0.763 bits per heavy atom. The Morgan fingerprint density at radius 2 is 1.32 bits per heavy atom. The van der Waals surface area contributed by atoms with Crippen LogP contribution in [0.2, 0.25) is 0 Å². The Hall–Kier alpha value is -4.46. The van der Waals surface area contributed by atoms with Gasteiger partial charge in [0.25, 0.3) is 0 Å². The zero-order chi connectivity index (χ0) is 26.8. The third-order valence-electron chi connectivity index (χ3n) is 6.33. The van der Waals surface area contributed by atoms with Crippen molar-refractivity contribution in [3.8, 4) is 17.2 Å². The number of halogens is 3. The van der Waals surface area contributed by atoms with Crippen LogP contribution in [-0.4, -0.2) is 28.6 Å². The molecule has 0 saturated heterocycles. The van der Waals surface area contributed by atoms with Crippen LogP contribution in [0.3, 0.4) is 0 Å². The molecule has 1 N–H and O–H groups in total. The van der Waals surface area contributed by atoms with Gasteiger partial charge >= 0.3 is 17.9 Å². The fourth-order valence-electron chi connectivity index (χ4n) is 4.44. The van der Waals surface area contributed by atoms with Crippen molar-refractivity contribution in [3.63, 3.8) is 0 Å². The molecule has 0 spiro atoms. The zero-order valence-corrected chi connectivity index (χ0v) is 20.2. The lowest BCUT2D eigenvalue weighted by molar-refractivity contribution is -0.186. The number of aromatic hydroxyl groups is 1. The molecule has 1 aliphatic rings. The van der Waals surface area contributed by atoms with E-state index in [1.807, 2.05) is 60.7 Å². The van der Waals surface area contributed by atoms with E-state index < -0.39 is 17.9 Å². The molecule has 1 heterocycles. The van der Waals surface area contributed by atoms with E-state index in [0.717, 1.165) is 16.0 Å². The molecule has 4 aromatic rings. The summed E-state index contributed by atoms with van der Waals surface area (Å²) in [7, 11) is 0. The van der Waals surface area contributed by atoms with Crippen molar-refractivity contribution in [2.24, 2.45) is 0 Å². The Labute approximate surface area is 217 Å². The number of benzene rings is 4. The van der Waals surface area contributed by atoms with Crippen LogP contribution in [0.1, 0.15) is 22.3 Å². The first-order valence-electron chi connectivity index (χ1n) is 12.0. The highest BCUT2D eigenvalue weighted by Gasteiger charge is 2.46. The van der Waals surface area contributed by atoms with E-state index in [1.165, 1.54) is 12.1 Å². The van der Waals surface area contributed by atoms with Gasteiger partial charge in [0.2, 0.25) is 0 Å². The highest BCUT2D eigenvalue weighted by atomic mass is 19.4. The molecule has 1 aliphatic heterocycles. The first kappa shape index (κ1) is 25.2. The van der Waals surface area contributed by atoms with E-state index in [-0.39, 0.29) is 25.3 Å². The number of fused-ring (bicyclic) bond motifs is 1. The van der Waals surface area contributed by atoms with E-state index in [2.05, 4.69) is 0 Å². The number of hydrogen-bond donors (Lipinski definition) is 1. The van der Waals surface area contributed by atoms with Crippen LogP contribution in [0.15, 0.2) is 103 Å². The Kier molecular flexibility index (Phi) is 6.72. The molecule has 8 heteroatoms. The summed E-state index contributed by atoms with van der Waals surface area (Å²) in [6.45, 7) is -0.424. The van der Waals surface area contributed by atoms with Gasteiger partial charge in [-0.05, 0) is 41.8 Å². The van der Waals surface area contributed by atoms with Gasteiger partial charge in [0.1, 0.15) is 5.75 Å². The molecular weight excluding hydrogens is 495 g/mol. The molecule has 0 unspecified atom stereocenters. The first-order valence-corrected chi connectivity index (χ1v) is 12.0. The van der Waals surface area contributed by atoms with Crippen LogP contribution in [-0.2, 0) is 23.5 Å². The Balaban J connectivity index is 1.42. The van der Waals surface area contributed by atoms with Gasteiger partial charge in [-0.3, -0.25) is 4.79 Å². The number of hydrogen-bond acceptors (Lipinski definition) is 4. The highest BCUT2D eigenvalue weighted by Crippen LogP contribution is 2.48. The van der Waals surface area contributed by atoms with Crippen molar-refractivity contribution in [2.45, 2.75) is 24.9 Å². The lowest BCUT2D eigenvalue weighted by Crippen LogP contribution is -2.41. The van der Waals surface area contributed by atoms with E-state index >= 15 is 0 Å². The van der Waals surface area contributed by atoms with Gasteiger partial charge < -0.3 is 19.5 Å². The third kappa shape index (κ3) is 5.16. The molecule has 0 bridgehead atoms. The molecule has 4 aromatic carbocycles. The standard InChI is InChI=1S/C30H24F3NO4/c31-30(32,33)28(36)34(18-17-21-11-14-25(35)15-12-21)20-22-13-16-26-27(19-22)38-29(37-26,23-7-3-1-4-8-23)24-9-5-2-6-10-24/h1-16,19,35H,17-18,20H2. The number of phenolic OH excluding ortho intramolecular Hbond substituents is 1. The normalized spacial score (nSPS) is 13.8. The monoisotopic (exact) mass is 519 g/mol. The van der Waals surface area contributed by atoms with E-state index in [4.69, 9.17) is 9.47 Å². The minimum absolute atomic E-state index is 0.0550. The predicted octanol–water partition coefficient (Wildman–Crippen LogP) is 6.20. The van der Waals surface area contributed by atoms with Gasteiger partial charge in [0, 0.05) is 24.2 Å². The van der Waals surface area contributed by atoms with Gasteiger partial charge in [-0.2, -0.15) is 13.2 Å². The predicted molar refractivity (Wildman–Crippen MR) is 135 cm³/mol. The average Bonchev–Trinajstić information content (AvgIpc) is 3.32. The van der Waals surface area contributed by atoms with Gasteiger partial charge in [-0.25, -0.2) is 0 Å². The number of nitrogens with zero attached hydrogens (tertiary/aromatic N) is 1. The molecule has 1 amide bonds. The number of carbonyl (C=O) groups excluding carboxylic acids is 1. The topological polar surface area (TPSA) is 59.0 Å².